The van der Waals surface area contributed by atoms with Gasteiger partial charge in [0, 0.05) is 19.2 Å². The number of aliphatic imine (C=N–C) groups is 1. The molecule has 0 bridgehead atoms. The second kappa shape index (κ2) is 12.1. The van der Waals surface area contributed by atoms with Gasteiger partial charge in [0.1, 0.15) is 5.75 Å². The molecule has 0 atom stereocenters. The summed E-state index contributed by atoms with van der Waals surface area (Å²) < 4.78 is 11.2. The highest BCUT2D eigenvalue weighted by molar-refractivity contribution is 5.79. The minimum atomic E-state index is 0.356. The number of nitrogens with one attached hydrogen (secondary N) is 2. The van der Waals surface area contributed by atoms with Crippen molar-refractivity contribution in [2.45, 2.75) is 46.2 Å². The first-order valence-electron chi connectivity index (χ1n) is 10.3. The predicted molar refractivity (Wildman–Crippen MR) is 117 cm³/mol. The zero-order valence-electron chi connectivity index (χ0n) is 18.4. The second-order valence-corrected chi connectivity index (χ2v) is 7.57. The number of hydrogen-bond acceptors (Lipinski definition) is 5. The molecule has 0 saturated heterocycles. The van der Waals surface area contributed by atoms with Crippen LogP contribution in [0.3, 0.4) is 0 Å². The Morgan fingerprint density at radius 3 is 2.59 bits per heavy atom. The van der Waals surface area contributed by atoms with Gasteiger partial charge in [0.2, 0.25) is 0 Å². The maximum Gasteiger partial charge on any atom is 0.191 e. The van der Waals surface area contributed by atoms with E-state index in [1.165, 1.54) is 0 Å². The largest absolute Gasteiger partial charge is 0.494 e. The van der Waals surface area contributed by atoms with Crippen molar-refractivity contribution in [2.24, 2.45) is 4.99 Å². The molecule has 1 aromatic heterocycles. The van der Waals surface area contributed by atoms with Crippen LogP contribution < -0.4 is 15.4 Å². The first-order valence-corrected chi connectivity index (χ1v) is 10.3. The molecule has 29 heavy (non-hydrogen) atoms. The van der Waals surface area contributed by atoms with Gasteiger partial charge in [-0.2, -0.15) is 0 Å². The number of nitrogens with zero attached hydrogens (tertiary/aromatic N) is 3. The highest BCUT2D eigenvalue weighted by Crippen LogP contribution is 2.14. The van der Waals surface area contributed by atoms with E-state index in [0.717, 1.165) is 54.8 Å². The molecule has 0 spiro atoms. The van der Waals surface area contributed by atoms with Crippen LogP contribution in [0.2, 0.25) is 0 Å². The topological polar surface area (TPSA) is 74.9 Å². The lowest BCUT2D eigenvalue weighted by Gasteiger charge is -2.11. The van der Waals surface area contributed by atoms with Crippen LogP contribution in [0, 0.1) is 0 Å². The molecule has 7 nitrogen and oxygen atoms in total. The summed E-state index contributed by atoms with van der Waals surface area (Å²) in [6.45, 7) is 9.92. The first kappa shape index (κ1) is 22.7. The molecule has 0 aliphatic heterocycles. The number of benzene rings is 1. The van der Waals surface area contributed by atoms with E-state index in [1.54, 1.807) is 0 Å². The molecule has 0 aliphatic rings. The van der Waals surface area contributed by atoms with Crippen molar-refractivity contribution in [1.29, 1.82) is 0 Å². The number of aromatic nitrogens is 1. The molecule has 7 heteroatoms. The maximum absolute atomic E-state index is 5.78. The van der Waals surface area contributed by atoms with Crippen molar-refractivity contribution >= 4 is 5.96 Å². The van der Waals surface area contributed by atoms with E-state index in [0.29, 0.717) is 19.0 Å². The van der Waals surface area contributed by atoms with Crippen molar-refractivity contribution < 1.29 is 9.26 Å². The Morgan fingerprint density at radius 1 is 1.21 bits per heavy atom. The van der Waals surface area contributed by atoms with Crippen molar-refractivity contribution in [2.75, 3.05) is 33.8 Å². The first-order chi connectivity index (χ1) is 14.0. The molecule has 1 heterocycles. The van der Waals surface area contributed by atoms with E-state index in [9.17, 15) is 0 Å². The summed E-state index contributed by atoms with van der Waals surface area (Å²) >= 11 is 0. The van der Waals surface area contributed by atoms with E-state index in [4.69, 9.17) is 9.26 Å². The smallest absolute Gasteiger partial charge is 0.191 e. The lowest BCUT2D eigenvalue weighted by atomic mass is 10.1. The van der Waals surface area contributed by atoms with Crippen LogP contribution in [-0.2, 0) is 13.1 Å². The summed E-state index contributed by atoms with van der Waals surface area (Å²) in [6.07, 6.45) is 1.01. The van der Waals surface area contributed by atoms with Gasteiger partial charge in [0.15, 0.2) is 11.7 Å². The van der Waals surface area contributed by atoms with E-state index >= 15 is 0 Å². The van der Waals surface area contributed by atoms with Gasteiger partial charge in [0.05, 0.1) is 25.4 Å². The molecule has 0 saturated carbocycles. The molecule has 0 radical (unpaired) electrons. The van der Waals surface area contributed by atoms with Crippen LogP contribution >= 0.6 is 0 Å². The third-order valence-electron chi connectivity index (χ3n) is 4.30. The Hall–Kier alpha value is -2.54. The standard InChI is InChI=1S/C22H35N5O2/c1-6-23-22(25-16-20-14-21(17(2)3)26-29-20)24-15-18-8-10-19(11-9-18)28-13-7-12-27(4)5/h8-11,14,17H,6-7,12-13,15-16H2,1-5H3,(H2,23,24,25). The molecule has 0 aliphatic carbocycles. The number of guanidine groups is 1. The molecule has 0 unspecified atom stereocenters. The Morgan fingerprint density at radius 2 is 1.97 bits per heavy atom. The van der Waals surface area contributed by atoms with E-state index in [1.807, 2.05) is 25.1 Å². The lowest BCUT2D eigenvalue weighted by Crippen LogP contribution is -2.36. The molecule has 0 fully saturated rings. The van der Waals surface area contributed by atoms with Gasteiger partial charge in [-0.1, -0.05) is 31.1 Å². The van der Waals surface area contributed by atoms with Crippen molar-refractivity contribution in [3.05, 3.63) is 47.3 Å². The average Bonchev–Trinajstić information content (AvgIpc) is 3.17. The molecule has 0 amide bonds. The highest BCUT2D eigenvalue weighted by atomic mass is 16.5. The number of rotatable bonds is 11. The summed E-state index contributed by atoms with van der Waals surface area (Å²) in [5, 5.41) is 10.6. The monoisotopic (exact) mass is 401 g/mol. The fourth-order valence-corrected chi connectivity index (χ4v) is 2.63. The Labute approximate surface area is 174 Å². The van der Waals surface area contributed by atoms with Crippen LogP contribution in [-0.4, -0.2) is 49.8 Å². The van der Waals surface area contributed by atoms with Crippen LogP contribution in [0.25, 0.3) is 0 Å². The van der Waals surface area contributed by atoms with E-state index in [2.05, 4.69) is 65.8 Å². The van der Waals surface area contributed by atoms with E-state index < -0.39 is 0 Å². The Kier molecular flexibility index (Phi) is 9.50. The van der Waals surface area contributed by atoms with Gasteiger partial charge in [-0.05, 0) is 51.1 Å². The summed E-state index contributed by atoms with van der Waals surface area (Å²) in [6, 6.07) is 10.1. The van der Waals surface area contributed by atoms with Crippen LogP contribution in [0.5, 0.6) is 5.75 Å². The van der Waals surface area contributed by atoms with Gasteiger partial charge >= 0.3 is 0 Å². The predicted octanol–water partition coefficient (Wildman–Crippen LogP) is 3.38. The fraction of sp³-hybridized carbons (Fsp3) is 0.545. The number of ether oxygens (including phenoxy) is 1. The van der Waals surface area contributed by atoms with Crippen molar-refractivity contribution in [3.8, 4) is 5.75 Å². The summed E-state index contributed by atoms with van der Waals surface area (Å²) in [7, 11) is 4.14. The van der Waals surface area contributed by atoms with E-state index in [-0.39, 0.29) is 0 Å². The molecule has 2 aromatic rings. The van der Waals surface area contributed by atoms with Crippen LogP contribution in [0.4, 0.5) is 0 Å². The van der Waals surface area contributed by atoms with Crippen molar-refractivity contribution in [3.63, 3.8) is 0 Å². The number of hydrogen-bond donors (Lipinski definition) is 2. The lowest BCUT2D eigenvalue weighted by molar-refractivity contribution is 0.281. The molecule has 2 rings (SSSR count). The molecule has 2 N–H and O–H groups in total. The quantitative estimate of drug-likeness (QED) is 0.342. The molecule has 1 aromatic carbocycles. The molecular formula is C22H35N5O2. The van der Waals surface area contributed by atoms with Gasteiger partial charge in [0.25, 0.3) is 0 Å². The minimum Gasteiger partial charge on any atom is -0.494 e. The summed E-state index contributed by atoms with van der Waals surface area (Å²) in [5.41, 5.74) is 2.09. The van der Waals surface area contributed by atoms with Gasteiger partial charge in [-0.15, -0.1) is 0 Å². The fourth-order valence-electron chi connectivity index (χ4n) is 2.63. The van der Waals surface area contributed by atoms with Gasteiger partial charge < -0.3 is 24.8 Å². The average molecular weight is 402 g/mol. The second-order valence-electron chi connectivity index (χ2n) is 7.57. The Balaban J connectivity index is 1.83. The van der Waals surface area contributed by atoms with Gasteiger partial charge in [-0.25, -0.2) is 4.99 Å². The molecule has 160 valence electrons. The summed E-state index contributed by atoms with van der Waals surface area (Å²) in [4.78, 5) is 6.81. The molecular weight excluding hydrogens is 366 g/mol. The Bertz CT molecular complexity index is 738. The normalized spacial score (nSPS) is 11.9. The third-order valence-corrected chi connectivity index (χ3v) is 4.30. The zero-order valence-corrected chi connectivity index (χ0v) is 18.4. The minimum absolute atomic E-state index is 0.356. The third kappa shape index (κ3) is 8.56. The van der Waals surface area contributed by atoms with Crippen LogP contribution in [0.15, 0.2) is 39.8 Å². The zero-order chi connectivity index (χ0) is 21.1. The summed E-state index contributed by atoms with van der Waals surface area (Å²) in [5.74, 6) is 2.80. The maximum atomic E-state index is 5.78. The SMILES string of the molecule is CCNC(=NCc1ccc(OCCCN(C)C)cc1)NCc1cc(C(C)C)no1. The van der Waals surface area contributed by atoms with Gasteiger partial charge in [-0.3, -0.25) is 0 Å². The van der Waals surface area contributed by atoms with Crippen molar-refractivity contribution in [1.82, 2.24) is 20.7 Å². The highest BCUT2D eigenvalue weighted by Gasteiger charge is 2.08. The van der Waals surface area contributed by atoms with Crippen LogP contribution in [0.1, 0.15) is 50.1 Å².